The van der Waals surface area contributed by atoms with E-state index >= 15 is 0 Å². The van der Waals surface area contributed by atoms with E-state index in [0.29, 0.717) is 12.8 Å². The van der Waals surface area contributed by atoms with Gasteiger partial charge in [-0.1, -0.05) is 18.2 Å². The second-order valence-electron chi connectivity index (χ2n) is 4.48. The van der Waals surface area contributed by atoms with E-state index in [0.717, 1.165) is 11.3 Å². The first-order chi connectivity index (χ1) is 10.2. The lowest BCUT2D eigenvalue weighted by molar-refractivity contribution is -0.141. The van der Waals surface area contributed by atoms with Crippen LogP contribution in [-0.2, 0) is 20.7 Å². The normalized spacial score (nSPS) is 10.1. The predicted molar refractivity (Wildman–Crippen MR) is 76.9 cm³/mol. The van der Waals surface area contributed by atoms with Crippen molar-refractivity contribution in [1.29, 1.82) is 0 Å². The third-order valence-electron chi connectivity index (χ3n) is 2.96. The van der Waals surface area contributed by atoms with Gasteiger partial charge in [0.05, 0.1) is 19.0 Å². The number of nitrogens with zero attached hydrogens (tertiary/aromatic N) is 2. The maximum absolute atomic E-state index is 11.6. The Labute approximate surface area is 122 Å². The fourth-order valence-electron chi connectivity index (χ4n) is 1.80. The smallest absolute Gasteiger partial charge is 0.325 e. The first-order valence-electron chi connectivity index (χ1n) is 6.61. The van der Waals surface area contributed by atoms with E-state index in [1.807, 2.05) is 36.5 Å². The molecular weight excluding hydrogens is 270 g/mol. The SMILES string of the molecule is COC(=O)CNC(=O)CCc1cnn(-c2ccccc2)c1. The molecule has 0 aliphatic heterocycles. The molecule has 0 aliphatic rings. The molecule has 6 nitrogen and oxygen atoms in total. The highest BCUT2D eigenvalue weighted by Crippen LogP contribution is 2.08. The molecule has 0 atom stereocenters. The number of rotatable bonds is 6. The summed E-state index contributed by atoms with van der Waals surface area (Å²) in [7, 11) is 1.28. The average molecular weight is 287 g/mol. The van der Waals surface area contributed by atoms with Crippen molar-refractivity contribution in [1.82, 2.24) is 15.1 Å². The molecule has 0 saturated carbocycles. The Morgan fingerprint density at radius 3 is 2.76 bits per heavy atom. The zero-order valence-electron chi connectivity index (χ0n) is 11.8. The molecule has 0 saturated heterocycles. The van der Waals surface area contributed by atoms with Crippen molar-refractivity contribution >= 4 is 11.9 Å². The molecule has 0 spiro atoms. The monoisotopic (exact) mass is 287 g/mol. The number of carbonyl (C=O) groups excluding carboxylic acids is 2. The van der Waals surface area contributed by atoms with E-state index in [9.17, 15) is 9.59 Å². The van der Waals surface area contributed by atoms with Crippen LogP contribution in [0.25, 0.3) is 5.69 Å². The molecule has 6 heteroatoms. The number of aryl methyl sites for hydroxylation is 1. The van der Waals surface area contributed by atoms with Crippen molar-refractivity contribution in [3.8, 4) is 5.69 Å². The van der Waals surface area contributed by atoms with E-state index in [1.165, 1.54) is 7.11 Å². The van der Waals surface area contributed by atoms with Gasteiger partial charge in [0.1, 0.15) is 6.54 Å². The first kappa shape index (κ1) is 14.8. The van der Waals surface area contributed by atoms with Crippen LogP contribution in [0.4, 0.5) is 0 Å². The summed E-state index contributed by atoms with van der Waals surface area (Å²) in [6, 6.07) is 9.74. The van der Waals surface area contributed by atoms with Crippen molar-refractivity contribution in [2.24, 2.45) is 0 Å². The van der Waals surface area contributed by atoms with Crippen molar-refractivity contribution < 1.29 is 14.3 Å². The minimum absolute atomic E-state index is 0.0986. The summed E-state index contributed by atoms with van der Waals surface area (Å²) in [5.74, 6) is -0.645. The van der Waals surface area contributed by atoms with Crippen LogP contribution in [0.15, 0.2) is 42.7 Å². The lowest BCUT2D eigenvalue weighted by atomic mass is 10.2. The van der Waals surface area contributed by atoms with Crippen LogP contribution in [-0.4, -0.2) is 35.3 Å². The molecule has 0 unspecified atom stereocenters. The van der Waals surface area contributed by atoms with Gasteiger partial charge in [-0.2, -0.15) is 5.10 Å². The van der Waals surface area contributed by atoms with E-state index < -0.39 is 5.97 Å². The lowest BCUT2D eigenvalue weighted by Gasteiger charge is -2.02. The highest BCUT2D eigenvalue weighted by molar-refractivity contribution is 5.81. The maximum Gasteiger partial charge on any atom is 0.325 e. The van der Waals surface area contributed by atoms with Crippen LogP contribution in [0.3, 0.4) is 0 Å². The average Bonchev–Trinajstić information content (AvgIpc) is 3.00. The van der Waals surface area contributed by atoms with Crippen molar-refractivity contribution in [2.45, 2.75) is 12.8 Å². The Kier molecular flexibility index (Phi) is 5.09. The number of esters is 1. The summed E-state index contributed by atoms with van der Waals surface area (Å²) in [6.07, 6.45) is 4.50. The number of aromatic nitrogens is 2. The van der Waals surface area contributed by atoms with Gasteiger partial charge < -0.3 is 10.1 Å². The highest BCUT2D eigenvalue weighted by Gasteiger charge is 2.07. The molecule has 1 aromatic heterocycles. The quantitative estimate of drug-likeness (QED) is 0.807. The summed E-state index contributed by atoms with van der Waals surface area (Å²) in [5.41, 5.74) is 1.94. The van der Waals surface area contributed by atoms with Gasteiger partial charge in [-0.15, -0.1) is 0 Å². The van der Waals surface area contributed by atoms with Crippen molar-refractivity contribution in [3.05, 3.63) is 48.3 Å². The van der Waals surface area contributed by atoms with E-state index in [1.54, 1.807) is 10.9 Å². The summed E-state index contributed by atoms with van der Waals surface area (Å²) in [4.78, 5) is 22.5. The van der Waals surface area contributed by atoms with Crippen LogP contribution >= 0.6 is 0 Å². The lowest BCUT2D eigenvalue weighted by Crippen LogP contribution is -2.30. The Hall–Kier alpha value is -2.63. The van der Waals surface area contributed by atoms with Crippen LogP contribution in [0.1, 0.15) is 12.0 Å². The molecule has 21 heavy (non-hydrogen) atoms. The number of carbonyl (C=O) groups is 2. The number of ether oxygens (including phenoxy) is 1. The molecule has 1 aromatic carbocycles. The number of hydrogen-bond acceptors (Lipinski definition) is 4. The van der Waals surface area contributed by atoms with Gasteiger partial charge in [-0.25, -0.2) is 4.68 Å². The molecule has 0 radical (unpaired) electrons. The van der Waals surface area contributed by atoms with E-state index in [2.05, 4.69) is 15.2 Å². The third-order valence-corrected chi connectivity index (χ3v) is 2.96. The maximum atomic E-state index is 11.6. The zero-order chi connectivity index (χ0) is 15.1. The Bertz CT molecular complexity index is 608. The summed E-state index contributed by atoms with van der Waals surface area (Å²) < 4.78 is 6.21. The number of methoxy groups -OCH3 is 1. The third kappa shape index (κ3) is 4.45. The van der Waals surface area contributed by atoms with E-state index in [-0.39, 0.29) is 12.5 Å². The van der Waals surface area contributed by atoms with Gasteiger partial charge in [0, 0.05) is 12.6 Å². The molecule has 2 aromatic rings. The highest BCUT2D eigenvalue weighted by atomic mass is 16.5. The largest absolute Gasteiger partial charge is 0.468 e. The van der Waals surface area contributed by atoms with Gasteiger partial charge in [0.25, 0.3) is 0 Å². The predicted octanol–water partition coefficient (Wildman–Crippen LogP) is 1.09. The molecule has 0 aliphatic carbocycles. The summed E-state index contributed by atoms with van der Waals surface area (Å²) in [6.45, 7) is -0.0986. The minimum Gasteiger partial charge on any atom is -0.468 e. The summed E-state index contributed by atoms with van der Waals surface area (Å²) >= 11 is 0. The Morgan fingerprint density at radius 1 is 1.29 bits per heavy atom. The van der Waals surface area contributed by atoms with Gasteiger partial charge in [0.15, 0.2) is 0 Å². The minimum atomic E-state index is -0.458. The number of para-hydroxylation sites is 1. The number of nitrogens with one attached hydrogen (secondary N) is 1. The van der Waals surface area contributed by atoms with Crippen LogP contribution in [0, 0.1) is 0 Å². The fourth-order valence-corrected chi connectivity index (χ4v) is 1.80. The Balaban J connectivity index is 1.83. The molecule has 110 valence electrons. The number of amides is 1. The zero-order valence-corrected chi connectivity index (χ0v) is 11.8. The topological polar surface area (TPSA) is 73.2 Å². The molecule has 2 rings (SSSR count). The molecule has 1 amide bonds. The second-order valence-corrected chi connectivity index (χ2v) is 4.48. The van der Waals surface area contributed by atoms with Crippen molar-refractivity contribution in [3.63, 3.8) is 0 Å². The second kappa shape index (κ2) is 7.23. The molecule has 0 fully saturated rings. The van der Waals surface area contributed by atoms with Gasteiger partial charge in [0.2, 0.25) is 5.91 Å². The molecular formula is C15H17N3O3. The van der Waals surface area contributed by atoms with Gasteiger partial charge in [-0.05, 0) is 24.1 Å². The molecule has 1 N–H and O–H groups in total. The van der Waals surface area contributed by atoms with Gasteiger partial charge in [-0.3, -0.25) is 9.59 Å². The van der Waals surface area contributed by atoms with Crippen molar-refractivity contribution in [2.75, 3.05) is 13.7 Å². The first-order valence-corrected chi connectivity index (χ1v) is 6.61. The summed E-state index contributed by atoms with van der Waals surface area (Å²) in [5, 5.41) is 6.76. The van der Waals surface area contributed by atoms with Gasteiger partial charge >= 0.3 is 5.97 Å². The standard InChI is InChI=1S/C15H17N3O3/c1-21-15(20)10-16-14(19)8-7-12-9-17-18(11-12)13-5-3-2-4-6-13/h2-6,9,11H,7-8,10H2,1H3,(H,16,19). The number of benzene rings is 1. The number of hydrogen-bond donors (Lipinski definition) is 1. The molecule has 1 heterocycles. The van der Waals surface area contributed by atoms with Crippen LogP contribution < -0.4 is 5.32 Å². The Morgan fingerprint density at radius 2 is 2.05 bits per heavy atom. The van der Waals surface area contributed by atoms with Crippen LogP contribution in [0.5, 0.6) is 0 Å². The van der Waals surface area contributed by atoms with E-state index in [4.69, 9.17) is 0 Å². The van der Waals surface area contributed by atoms with Crippen LogP contribution in [0.2, 0.25) is 0 Å². The fraction of sp³-hybridized carbons (Fsp3) is 0.267. The molecule has 0 bridgehead atoms.